The van der Waals surface area contributed by atoms with Crippen LogP contribution in [-0.4, -0.2) is 38.8 Å². The maximum atomic E-state index is 13.4. The number of halogens is 1. The SMILES string of the molecule is O=C(NCc1cc(-c2cccc(F)c2)no1)c1cnc2c(c1)ncn2C1CCOCC1. The lowest BCUT2D eigenvalue weighted by atomic mass is 10.1. The second kappa shape index (κ2) is 8.27. The number of aromatic nitrogens is 4. The minimum absolute atomic E-state index is 0.149. The lowest BCUT2D eigenvalue weighted by Gasteiger charge is -2.23. The lowest BCUT2D eigenvalue weighted by Crippen LogP contribution is -2.23. The average Bonchev–Trinajstić information content (AvgIpc) is 3.45. The first-order valence-corrected chi connectivity index (χ1v) is 10.1. The fourth-order valence-corrected chi connectivity index (χ4v) is 3.72. The summed E-state index contributed by atoms with van der Waals surface area (Å²) in [7, 11) is 0. The molecular formula is C22H20FN5O3. The van der Waals surface area contributed by atoms with Gasteiger partial charge in [-0.1, -0.05) is 17.3 Å². The second-order valence-corrected chi connectivity index (χ2v) is 7.43. The Morgan fingerprint density at radius 3 is 2.90 bits per heavy atom. The van der Waals surface area contributed by atoms with E-state index in [2.05, 4.69) is 25.0 Å². The van der Waals surface area contributed by atoms with E-state index in [1.807, 2.05) is 0 Å². The second-order valence-electron chi connectivity index (χ2n) is 7.43. The fraction of sp³-hybridized carbons (Fsp3) is 0.273. The Bertz CT molecular complexity index is 1230. The molecule has 1 saturated heterocycles. The Morgan fingerprint density at radius 1 is 1.19 bits per heavy atom. The molecule has 0 radical (unpaired) electrons. The number of ether oxygens (including phenoxy) is 1. The molecule has 1 N–H and O–H groups in total. The average molecular weight is 421 g/mol. The van der Waals surface area contributed by atoms with E-state index >= 15 is 0 Å². The topological polar surface area (TPSA) is 95.1 Å². The van der Waals surface area contributed by atoms with Crippen molar-refractivity contribution in [3.8, 4) is 11.3 Å². The first kappa shape index (κ1) is 19.4. The normalized spacial score (nSPS) is 14.7. The van der Waals surface area contributed by atoms with Gasteiger partial charge >= 0.3 is 0 Å². The summed E-state index contributed by atoms with van der Waals surface area (Å²) in [5, 5.41) is 6.73. The quantitative estimate of drug-likeness (QED) is 0.530. The summed E-state index contributed by atoms with van der Waals surface area (Å²) in [6.45, 7) is 1.61. The van der Waals surface area contributed by atoms with Crippen LogP contribution in [0.1, 0.15) is 35.0 Å². The minimum atomic E-state index is -0.350. The van der Waals surface area contributed by atoms with Crippen LogP contribution in [0.5, 0.6) is 0 Å². The molecule has 0 bridgehead atoms. The number of pyridine rings is 1. The molecule has 0 aliphatic carbocycles. The zero-order valence-corrected chi connectivity index (χ0v) is 16.6. The molecule has 1 fully saturated rings. The highest BCUT2D eigenvalue weighted by Gasteiger charge is 2.19. The molecule has 1 aliphatic heterocycles. The van der Waals surface area contributed by atoms with Gasteiger partial charge in [0.2, 0.25) is 0 Å². The molecule has 31 heavy (non-hydrogen) atoms. The predicted molar refractivity (Wildman–Crippen MR) is 110 cm³/mol. The Hall–Kier alpha value is -3.59. The van der Waals surface area contributed by atoms with Crippen LogP contribution in [0.3, 0.4) is 0 Å². The number of hydrogen-bond donors (Lipinski definition) is 1. The molecule has 3 aromatic heterocycles. The zero-order chi connectivity index (χ0) is 21.2. The molecular weight excluding hydrogens is 401 g/mol. The third kappa shape index (κ3) is 4.04. The molecule has 0 spiro atoms. The van der Waals surface area contributed by atoms with Gasteiger partial charge in [0, 0.05) is 37.1 Å². The summed E-state index contributed by atoms with van der Waals surface area (Å²) in [4.78, 5) is 21.5. The number of amides is 1. The van der Waals surface area contributed by atoms with Crippen LogP contribution in [0.15, 0.2) is 53.4 Å². The minimum Gasteiger partial charge on any atom is -0.381 e. The number of benzene rings is 1. The maximum absolute atomic E-state index is 13.4. The molecule has 5 rings (SSSR count). The van der Waals surface area contributed by atoms with Crippen LogP contribution in [0.4, 0.5) is 4.39 Å². The van der Waals surface area contributed by atoms with Gasteiger partial charge in [0.1, 0.15) is 17.0 Å². The summed E-state index contributed by atoms with van der Waals surface area (Å²) >= 11 is 0. The van der Waals surface area contributed by atoms with Gasteiger partial charge in [-0.3, -0.25) is 4.79 Å². The van der Waals surface area contributed by atoms with E-state index in [1.54, 1.807) is 36.8 Å². The summed E-state index contributed by atoms with van der Waals surface area (Å²) in [6.07, 6.45) is 5.17. The third-order valence-electron chi connectivity index (χ3n) is 5.36. The van der Waals surface area contributed by atoms with Crippen LogP contribution >= 0.6 is 0 Å². The van der Waals surface area contributed by atoms with Crippen molar-refractivity contribution >= 4 is 17.1 Å². The number of nitrogens with zero attached hydrogens (tertiary/aromatic N) is 4. The molecule has 0 unspecified atom stereocenters. The van der Waals surface area contributed by atoms with Gasteiger partial charge in [0.15, 0.2) is 11.4 Å². The molecule has 4 aromatic rings. The van der Waals surface area contributed by atoms with E-state index in [9.17, 15) is 9.18 Å². The highest BCUT2D eigenvalue weighted by atomic mass is 19.1. The molecule has 158 valence electrons. The Labute approximate surface area is 177 Å². The van der Waals surface area contributed by atoms with Gasteiger partial charge < -0.3 is 19.1 Å². The number of rotatable bonds is 5. The standard InChI is InChI=1S/C22H20FN5O3/c23-16-3-1-2-14(8-16)19-10-18(31-27-19)12-25-22(29)15-9-20-21(24-11-15)28(13-26-20)17-4-6-30-7-5-17/h1-3,8-11,13,17H,4-7,12H2,(H,25,29). The summed E-state index contributed by atoms with van der Waals surface area (Å²) in [5.41, 5.74) is 2.96. The number of imidazole rings is 1. The molecule has 1 aliphatic rings. The highest BCUT2D eigenvalue weighted by molar-refractivity contribution is 5.96. The number of carbonyl (C=O) groups is 1. The van der Waals surface area contributed by atoms with E-state index in [4.69, 9.17) is 9.26 Å². The summed E-state index contributed by atoms with van der Waals surface area (Å²) in [6, 6.07) is 9.79. The summed E-state index contributed by atoms with van der Waals surface area (Å²) < 4.78 is 26.1. The van der Waals surface area contributed by atoms with Crippen LogP contribution in [-0.2, 0) is 11.3 Å². The molecule has 1 amide bonds. The first-order valence-electron chi connectivity index (χ1n) is 10.1. The Balaban J connectivity index is 1.26. The lowest BCUT2D eigenvalue weighted by molar-refractivity contribution is 0.0704. The molecule has 0 atom stereocenters. The van der Waals surface area contributed by atoms with E-state index in [-0.39, 0.29) is 18.3 Å². The van der Waals surface area contributed by atoms with Crippen LogP contribution in [0, 0.1) is 5.82 Å². The van der Waals surface area contributed by atoms with E-state index in [0.29, 0.717) is 34.1 Å². The first-order chi connectivity index (χ1) is 15.2. The van der Waals surface area contributed by atoms with E-state index in [1.165, 1.54) is 12.1 Å². The number of hydrogen-bond acceptors (Lipinski definition) is 6. The zero-order valence-electron chi connectivity index (χ0n) is 16.6. The number of nitrogens with one attached hydrogen (secondary N) is 1. The van der Waals surface area contributed by atoms with Gasteiger partial charge in [0.05, 0.1) is 18.4 Å². The number of fused-ring (bicyclic) bond motifs is 1. The predicted octanol–water partition coefficient (Wildman–Crippen LogP) is 3.51. The van der Waals surface area contributed by atoms with Crippen molar-refractivity contribution in [1.29, 1.82) is 0 Å². The van der Waals surface area contributed by atoms with Crippen molar-refractivity contribution in [3.63, 3.8) is 0 Å². The van der Waals surface area contributed by atoms with Crippen molar-refractivity contribution in [1.82, 2.24) is 25.0 Å². The molecule has 8 nitrogen and oxygen atoms in total. The van der Waals surface area contributed by atoms with Gasteiger partial charge in [-0.05, 0) is 31.0 Å². The smallest absolute Gasteiger partial charge is 0.253 e. The molecule has 9 heteroatoms. The van der Waals surface area contributed by atoms with E-state index in [0.717, 1.165) is 31.7 Å². The van der Waals surface area contributed by atoms with Gasteiger partial charge in [-0.15, -0.1) is 0 Å². The van der Waals surface area contributed by atoms with Crippen molar-refractivity contribution < 1.29 is 18.4 Å². The van der Waals surface area contributed by atoms with Crippen molar-refractivity contribution in [2.24, 2.45) is 0 Å². The molecule has 0 saturated carbocycles. The largest absolute Gasteiger partial charge is 0.381 e. The Morgan fingerprint density at radius 2 is 2.06 bits per heavy atom. The van der Waals surface area contributed by atoms with Crippen LogP contribution in [0.2, 0.25) is 0 Å². The maximum Gasteiger partial charge on any atom is 0.253 e. The monoisotopic (exact) mass is 421 g/mol. The van der Waals surface area contributed by atoms with Gasteiger partial charge in [0.25, 0.3) is 5.91 Å². The van der Waals surface area contributed by atoms with E-state index < -0.39 is 0 Å². The highest BCUT2D eigenvalue weighted by Crippen LogP contribution is 2.25. The van der Waals surface area contributed by atoms with Crippen molar-refractivity contribution in [3.05, 3.63) is 66.1 Å². The molecule has 1 aromatic carbocycles. The fourth-order valence-electron chi connectivity index (χ4n) is 3.72. The van der Waals surface area contributed by atoms with Gasteiger partial charge in [-0.2, -0.15) is 0 Å². The van der Waals surface area contributed by atoms with Crippen molar-refractivity contribution in [2.45, 2.75) is 25.4 Å². The summed E-state index contributed by atoms with van der Waals surface area (Å²) in [5.74, 6) is -0.179. The van der Waals surface area contributed by atoms with Crippen LogP contribution < -0.4 is 5.32 Å². The van der Waals surface area contributed by atoms with Crippen LogP contribution in [0.25, 0.3) is 22.4 Å². The third-order valence-corrected chi connectivity index (χ3v) is 5.36. The Kier molecular flexibility index (Phi) is 5.17. The number of carbonyl (C=O) groups excluding carboxylic acids is 1. The van der Waals surface area contributed by atoms with Crippen molar-refractivity contribution in [2.75, 3.05) is 13.2 Å². The van der Waals surface area contributed by atoms with Gasteiger partial charge in [-0.25, -0.2) is 14.4 Å². The molecule has 4 heterocycles.